The first kappa shape index (κ1) is 33.0. The first-order chi connectivity index (χ1) is 19.1. The van der Waals surface area contributed by atoms with Gasteiger partial charge in [-0.2, -0.15) is 23.5 Å². The van der Waals surface area contributed by atoms with E-state index in [1.54, 1.807) is 12.1 Å². The molecule has 4 atom stereocenters. The van der Waals surface area contributed by atoms with E-state index in [1.165, 1.54) is 35.7 Å². The number of phenolic OH excluding ortho intramolecular Hbond substituents is 1. The van der Waals surface area contributed by atoms with Gasteiger partial charge in [0, 0.05) is 6.42 Å². The van der Waals surface area contributed by atoms with Crippen molar-refractivity contribution in [2.24, 2.45) is 5.73 Å². The minimum Gasteiger partial charge on any atom is -0.508 e. The van der Waals surface area contributed by atoms with Crippen LogP contribution in [0.3, 0.4) is 0 Å². The summed E-state index contributed by atoms with van der Waals surface area (Å²) >= 11 is 2.96. The number of nitrogens with one attached hydrogen (secondary N) is 3. The topological polar surface area (TPSA) is 171 Å². The van der Waals surface area contributed by atoms with E-state index < -0.39 is 47.9 Å². The molecule has 40 heavy (non-hydrogen) atoms. The fourth-order valence-corrected chi connectivity index (χ4v) is 4.80. The summed E-state index contributed by atoms with van der Waals surface area (Å²) < 4.78 is 0. The molecule has 4 unspecified atom stereocenters. The molecule has 0 aliphatic heterocycles. The van der Waals surface area contributed by atoms with Crippen molar-refractivity contribution in [1.82, 2.24) is 16.0 Å². The molecule has 12 heteroatoms. The second kappa shape index (κ2) is 17.5. The maximum atomic E-state index is 13.4. The Bertz CT molecular complexity index is 1100. The van der Waals surface area contributed by atoms with Gasteiger partial charge < -0.3 is 31.9 Å². The highest BCUT2D eigenvalue weighted by molar-refractivity contribution is 7.98. The minimum atomic E-state index is -1.17. The van der Waals surface area contributed by atoms with Gasteiger partial charge in [-0.3, -0.25) is 14.4 Å². The standard InChI is InChI=1S/C28H38N4O6S2/c1-39-14-12-22(30-25(34)21(29)16-18-6-4-3-5-7-18)26(35)32-24(17-19-8-10-20(33)11-9-19)27(36)31-23(28(37)38)13-15-40-2/h3-11,21-24,33H,12-17,29H2,1-2H3,(H,30,34)(H,31,36)(H,32,35)(H,37,38). The molecule has 2 aromatic rings. The molecule has 0 aromatic heterocycles. The molecule has 3 amide bonds. The molecule has 7 N–H and O–H groups in total. The zero-order valence-corrected chi connectivity index (χ0v) is 24.3. The van der Waals surface area contributed by atoms with Crippen LogP contribution < -0.4 is 21.7 Å². The van der Waals surface area contributed by atoms with Crippen molar-refractivity contribution < 1.29 is 29.4 Å². The predicted octanol–water partition coefficient (Wildman–Crippen LogP) is 1.55. The van der Waals surface area contributed by atoms with Gasteiger partial charge >= 0.3 is 5.97 Å². The average Bonchev–Trinajstić information content (AvgIpc) is 2.94. The fraction of sp³-hybridized carbons (Fsp3) is 0.429. The van der Waals surface area contributed by atoms with E-state index in [2.05, 4.69) is 16.0 Å². The summed E-state index contributed by atoms with van der Waals surface area (Å²) in [5, 5.41) is 27.1. The van der Waals surface area contributed by atoms with Crippen LogP contribution in [-0.4, -0.2) is 82.1 Å². The van der Waals surface area contributed by atoms with Crippen molar-refractivity contribution in [3.8, 4) is 5.75 Å². The molecule has 2 rings (SSSR count). The largest absolute Gasteiger partial charge is 0.508 e. The van der Waals surface area contributed by atoms with E-state index in [0.717, 1.165) is 5.56 Å². The lowest BCUT2D eigenvalue weighted by molar-refractivity contribution is -0.142. The molecule has 0 fully saturated rings. The normalized spacial score (nSPS) is 13.9. The van der Waals surface area contributed by atoms with Gasteiger partial charge in [-0.25, -0.2) is 4.79 Å². The second-order valence-corrected chi connectivity index (χ2v) is 11.2. The molecule has 0 spiro atoms. The third-order valence-electron chi connectivity index (χ3n) is 6.11. The third-order valence-corrected chi connectivity index (χ3v) is 7.40. The maximum absolute atomic E-state index is 13.4. The highest BCUT2D eigenvalue weighted by Gasteiger charge is 2.30. The summed E-state index contributed by atoms with van der Waals surface area (Å²) in [4.78, 5) is 51.3. The van der Waals surface area contributed by atoms with Crippen molar-refractivity contribution in [1.29, 1.82) is 0 Å². The fourth-order valence-electron chi connectivity index (χ4n) is 3.86. The van der Waals surface area contributed by atoms with Crippen LogP contribution in [0.25, 0.3) is 0 Å². The van der Waals surface area contributed by atoms with Crippen LogP contribution in [0, 0.1) is 0 Å². The van der Waals surface area contributed by atoms with Crippen molar-refractivity contribution >= 4 is 47.2 Å². The number of benzene rings is 2. The van der Waals surface area contributed by atoms with Gasteiger partial charge in [-0.15, -0.1) is 0 Å². The molecule has 0 radical (unpaired) electrons. The number of aromatic hydroxyl groups is 1. The van der Waals surface area contributed by atoms with E-state index in [1.807, 2.05) is 42.8 Å². The summed E-state index contributed by atoms with van der Waals surface area (Å²) in [6.45, 7) is 0. The Morgan fingerprint density at radius 2 is 1.23 bits per heavy atom. The molecule has 0 heterocycles. The lowest BCUT2D eigenvalue weighted by Crippen LogP contribution is -2.58. The van der Waals surface area contributed by atoms with Crippen LogP contribution in [0.2, 0.25) is 0 Å². The van der Waals surface area contributed by atoms with Crippen molar-refractivity contribution in [2.45, 2.75) is 49.9 Å². The Labute approximate surface area is 243 Å². The molecule has 0 aliphatic carbocycles. The SMILES string of the molecule is CSCCC(NC(=O)C(Cc1ccc(O)cc1)NC(=O)C(CCSC)NC(=O)C(N)Cc1ccccc1)C(=O)O. The summed E-state index contributed by atoms with van der Waals surface area (Å²) in [6, 6.07) is 11.3. The summed E-state index contributed by atoms with van der Waals surface area (Å²) in [7, 11) is 0. The Balaban J connectivity index is 2.19. The molecular weight excluding hydrogens is 552 g/mol. The van der Waals surface area contributed by atoms with Gasteiger partial charge in [0.2, 0.25) is 17.7 Å². The van der Waals surface area contributed by atoms with Gasteiger partial charge in [0.1, 0.15) is 23.9 Å². The van der Waals surface area contributed by atoms with Gasteiger partial charge in [-0.05, 0) is 66.5 Å². The number of aliphatic carboxylic acids is 1. The van der Waals surface area contributed by atoms with E-state index in [0.29, 0.717) is 29.9 Å². The predicted molar refractivity (Wildman–Crippen MR) is 159 cm³/mol. The maximum Gasteiger partial charge on any atom is 0.326 e. The number of hydrogen-bond acceptors (Lipinski definition) is 8. The van der Waals surface area contributed by atoms with Crippen LogP contribution >= 0.6 is 23.5 Å². The van der Waals surface area contributed by atoms with Crippen LogP contribution in [-0.2, 0) is 32.0 Å². The van der Waals surface area contributed by atoms with Crippen molar-refractivity contribution in [2.75, 3.05) is 24.0 Å². The number of carboxylic acid groups (broad SMARTS) is 1. The van der Waals surface area contributed by atoms with Crippen LogP contribution in [0.4, 0.5) is 0 Å². The molecule has 0 bridgehead atoms. The monoisotopic (exact) mass is 590 g/mol. The molecule has 2 aromatic carbocycles. The Kier molecular flexibility index (Phi) is 14.4. The van der Waals surface area contributed by atoms with E-state index in [9.17, 15) is 29.4 Å². The second-order valence-electron chi connectivity index (χ2n) is 9.25. The number of carboxylic acids is 1. The van der Waals surface area contributed by atoms with Crippen molar-refractivity contribution in [3.05, 3.63) is 65.7 Å². The molecule has 218 valence electrons. The molecule has 0 saturated heterocycles. The highest BCUT2D eigenvalue weighted by atomic mass is 32.2. The first-order valence-electron chi connectivity index (χ1n) is 12.8. The Hall–Kier alpha value is -3.22. The number of carbonyl (C=O) groups is 4. The number of amides is 3. The molecule has 10 nitrogen and oxygen atoms in total. The highest BCUT2D eigenvalue weighted by Crippen LogP contribution is 2.13. The zero-order valence-electron chi connectivity index (χ0n) is 22.7. The summed E-state index contributed by atoms with van der Waals surface area (Å²) in [5.74, 6) is -1.77. The quantitative estimate of drug-likeness (QED) is 0.160. The van der Waals surface area contributed by atoms with Gasteiger partial charge in [0.15, 0.2) is 0 Å². The van der Waals surface area contributed by atoms with Crippen LogP contribution in [0.15, 0.2) is 54.6 Å². The summed E-state index contributed by atoms with van der Waals surface area (Å²) in [5.41, 5.74) is 7.65. The molecule has 0 aliphatic rings. The van der Waals surface area contributed by atoms with Crippen LogP contribution in [0.1, 0.15) is 24.0 Å². The number of hydrogen-bond donors (Lipinski definition) is 6. The number of phenols is 1. The van der Waals surface area contributed by atoms with Gasteiger partial charge in [-0.1, -0.05) is 42.5 Å². The van der Waals surface area contributed by atoms with Gasteiger partial charge in [0.05, 0.1) is 6.04 Å². The summed E-state index contributed by atoms with van der Waals surface area (Å²) in [6.07, 6.45) is 4.57. The number of thioether (sulfide) groups is 2. The molecular formula is C28H38N4O6S2. The van der Waals surface area contributed by atoms with E-state index in [4.69, 9.17) is 5.73 Å². The van der Waals surface area contributed by atoms with E-state index >= 15 is 0 Å². The average molecular weight is 591 g/mol. The van der Waals surface area contributed by atoms with E-state index in [-0.39, 0.29) is 18.6 Å². The van der Waals surface area contributed by atoms with Gasteiger partial charge in [0.25, 0.3) is 0 Å². The smallest absolute Gasteiger partial charge is 0.326 e. The third kappa shape index (κ3) is 11.5. The van der Waals surface area contributed by atoms with Crippen LogP contribution in [0.5, 0.6) is 5.75 Å². The Morgan fingerprint density at radius 1 is 0.725 bits per heavy atom. The van der Waals surface area contributed by atoms with Crippen molar-refractivity contribution in [3.63, 3.8) is 0 Å². The molecule has 0 saturated carbocycles. The Morgan fingerprint density at radius 3 is 1.80 bits per heavy atom. The lowest BCUT2D eigenvalue weighted by atomic mass is 10.0. The number of nitrogens with two attached hydrogens (primary N) is 1. The minimum absolute atomic E-state index is 0.0449. The zero-order chi connectivity index (χ0) is 29.5. The lowest BCUT2D eigenvalue weighted by Gasteiger charge is -2.25. The first-order valence-corrected chi connectivity index (χ1v) is 15.6. The number of carbonyl (C=O) groups excluding carboxylic acids is 3. The number of rotatable bonds is 17.